The Kier molecular flexibility index (Phi) is 4.23. The van der Waals surface area contributed by atoms with Crippen LogP contribution in [0.2, 0.25) is 0 Å². The van der Waals surface area contributed by atoms with E-state index < -0.39 is 29.6 Å². The third-order valence-electron chi connectivity index (χ3n) is 3.29. The molecule has 1 aromatic heterocycles. The van der Waals surface area contributed by atoms with Gasteiger partial charge in [-0.2, -0.15) is 0 Å². The molecule has 1 aliphatic rings. The first-order valence-corrected chi connectivity index (χ1v) is 6.26. The van der Waals surface area contributed by atoms with Crippen molar-refractivity contribution in [1.29, 1.82) is 0 Å². The number of hydrogen-bond donors (Lipinski definition) is 2. The van der Waals surface area contributed by atoms with Gasteiger partial charge in [-0.3, -0.25) is 14.3 Å². The highest BCUT2D eigenvalue weighted by Gasteiger charge is 2.36. The van der Waals surface area contributed by atoms with Crippen molar-refractivity contribution in [2.45, 2.75) is 38.1 Å². The molecule has 3 atom stereocenters. The van der Waals surface area contributed by atoms with Crippen LogP contribution in [0, 0.1) is 0 Å². The summed E-state index contributed by atoms with van der Waals surface area (Å²) in [5, 5.41) is 12.8. The molecule has 0 aromatic carbocycles. The summed E-state index contributed by atoms with van der Waals surface area (Å²) in [7, 11) is 0. The van der Waals surface area contributed by atoms with Gasteiger partial charge in [0.2, 0.25) is 0 Å². The minimum atomic E-state index is -0.665. The van der Waals surface area contributed by atoms with Gasteiger partial charge in [0.05, 0.1) is 18.8 Å². The van der Waals surface area contributed by atoms with Gasteiger partial charge in [0.15, 0.2) is 0 Å². The number of aromatic amines is 1. The topological polar surface area (TPSA) is 133 Å². The van der Waals surface area contributed by atoms with E-state index in [0.717, 1.165) is 0 Å². The van der Waals surface area contributed by atoms with Gasteiger partial charge in [0.1, 0.15) is 6.23 Å². The van der Waals surface area contributed by atoms with Gasteiger partial charge in [-0.15, -0.1) is 0 Å². The van der Waals surface area contributed by atoms with E-state index in [-0.39, 0.29) is 13.0 Å². The Bertz CT molecular complexity index is 645. The lowest BCUT2D eigenvalue weighted by atomic mass is 10.1. The number of H-pyrrole nitrogens is 1. The summed E-state index contributed by atoms with van der Waals surface area (Å²) >= 11 is 0. The third-order valence-corrected chi connectivity index (χ3v) is 3.29. The minimum absolute atomic E-state index is 0.272. The van der Waals surface area contributed by atoms with Crippen molar-refractivity contribution in [2.75, 3.05) is 6.61 Å². The molecule has 1 saturated heterocycles. The molecule has 0 bridgehead atoms. The molecule has 9 nitrogen and oxygen atoms in total. The SMILES string of the molecule is CCc1cc(=O)[nH]c(=O)n1[C@@H]1C[C@H](N=[N+]=[N-])[C@@H](CO)O1. The Labute approximate surface area is 113 Å². The highest BCUT2D eigenvalue weighted by Crippen LogP contribution is 2.30. The fourth-order valence-corrected chi connectivity index (χ4v) is 2.37. The zero-order valence-electron chi connectivity index (χ0n) is 10.9. The van der Waals surface area contributed by atoms with Crippen LogP contribution >= 0.6 is 0 Å². The van der Waals surface area contributed by atoms with Crippen molar-refractivity contribution >= 4 is 0 Å². The zero-order chi connectivity index (χ0) is 14.7. The van der Waals surface area contributed by atoms with E-state index in [1.807, 2.05) is 6.92 Å². The van der Waals surface area contributed by atoms with E-state index in [1.165, 1.54) is 10.6 Å². The highest BCUT2D eigenvalue weighted by atomic mass is 16.5. The smallest absolute Gasteiger partial charge is 0.330 e. The monoisotopic (exact) mass is 281 g/mol. The number of nitrogens with zero attached hydrogens (tertiary/aromatic N) is 4. The van der Waals surface area contributed by atoms with Crippen LogP contribution in [0.15, 0.2) is 20.8 Å². The van der Waals surface area contributed by atoms with Gasteiger partial charge >= 0.3 is 5.69 Å². The summed E-state index contributed by atoms with van der Waals surface area (Å²) in [5.74, 6) is 0. The van der Waals surface area contributed by atoms with Crippen molar-refractivity contribution < 1.29 is 9.84 Å². The predicted octanol–water partition coefficient (Wildman–Crippen LogP) is 0.0577. The molecule has 1 fully saturated rings. The van der Waals surface area contributed by atoms with Crippen LogP contribution in [-0.2, 0) is 11.2 Å². The number of ether oxygens (including phenoxy) is 1. The van der Waals surface area contributed by atoms with Crippen LogP contribution in [-0.4, -0.2) is 33.4 Å². The lowest BCUT2D eigenvalue weighted by Crippen LogP contribution is -2.35. The van der Waals surface area contributed by atoms with E-state index in [1.54, 1.807) is 0 Å². The van der Waals surface area contributed by atoms with E-state index in [2.05, 4.69) is 15.0 Å². The number of hydrogen-bond acceptors (Lipinski definition) is 5. The van der Waals surface area contributed by atoms with E-state index in [0.29, 0.717) is 12.1 Å². The molecule has 2 N–H and O–H groups in total. The first-order valence-electron chi connectivity index (χ1n) is 6.26. The van der Waals surface area contributed by atoms with Crippen LogP contribution in [0.25, 0.3) is 10.4 Å². The van der Waals surface area contributed by atoms with Gasteiger partial charge in [-0.1, -0.05) is 12.0 Å². The Morgan fingerprint density at radius 1 is 1.65 bits per heavy atom. The largest absolute Gasteiger partial charge is 0.394 e. The molecular weight excluding hydrogens is 266 g/mol. The van der Waals surface area contributed by atoms with E-state index >= 15 is 0 Å². The number of aryl methyl sites for hydroxylation is 1. The van der Waals surface area contributed by atoms with Crippen LogP contribution in [0.5, 0.6) is 0 Å². The molecule has 1 aliphatic heterocycles. The van der Waals surface area contributed by atoms with E-state index in [9.17, 15) is 14.7 Å². The second-order valence-corrected chi connectivity index (χ2v) is 4.47. The van der Waals surface area contributed by atoms with Crippen molar-refractivity contribution in [3.05, 3.63) is 43.0 Å². The summed E-state index contributed by atoms with van der Waals surface area (Å²) in [4.78, 5) is 28.1. The number of azide groups is 1. The molecule has 2 rings (SSSR count). The molecule has 0 radical (unpaired) electrons. The predicted molar refractivity (Wildman–Crippen MR) is 69.2 cm³/mol. The van der Waals surface area contributed by atoms with Crippen molar-refractivity contribution in [1.82, 2.24) is 9.55 Å². The van der Waals surface area contributed by atoms with E-state index in [4.69, 9.17) is 10.3 Å². The zero-order valence-corrected chi connectivity index (χ0v) is 10.9. The number of aromatic nitrogens is 2. The number of nitrogens with one attached hydrogen (secondary N) is 1. The number of aliphatic hydroxyl groups is 1. The summed E-state index contributed by atoms with van der Waals surface area (Å²) in [6.45, 7) is 1.51. The molecule has 1 aromatic rings. The maximum absolute atomic E-state index is 11.9. The van der Waals surface area contributed by atoms with Gasteiger partial charge in [-0.25, -0.2) is 4.79 Å². The second-order valence-electron chi connectivity index (χ2n) is 4.47. The Morgan fingerprint density at radius 3 is 3.00 bits per heavy atom. The average Bonchev–Trinajstić information content (AvgIpc) is 2.80. The van der Waals surface area contributed by atoms with Crippen LogP contribution < -0.4 is 11.2 Å². The molecule has 0 amide bonds. The van der Waals surface area contributed by atoms with Crippen molar-refractivity contribution in [3.8, 4) is 0 Å². The van der Waals surface area contributed by atoms with Gasteiger partial charge in [0.25, 0.3) is 5.56 Å². The molecule has 0 saturated carbocycles. The van der Waals surface area contributed by atoms with Crippen molar-refractivity contribution in [2.24, 2.45) is 5.11 Å². The molecule has 2 heterocycles. The molecular formula is C11H15N5O4. The number of aliphatic hydroxyl groups excluding tert-OH is 1. The minimum Gasteiger partial charge on any atom is -0.394 e. The average molecular weight is 281 g/mol. The van der Waals surface area contributed by atoms with Crippen LogP contribution in [0.3, 0.4) is 0 Å². The second kappa shape index (κ2) is 5.91. The molecule has 20 heavy (non-hydrogen) atoms. The maximum atomic E-state index is 11.9. The Hall–Kier alpha value is -2.09. The molecule has 0 spiro atoms. The van der Waals surface area contributed by atoms with Gasteiger partial charge in [0, 0.05) is 23.1 Å². The lowest BCUT2D eigenvalue weighted by Gasteiger charge is -2.17. The fraction of sp³-hybridized carbons (Fsp3) is 0.636. The Morgan fingerprint density at radius 2 is 2.40 bits per heavy atom. The first kappa shape index (κ1) is 14.3. The number of rotatable bonds is 4. The molecule has 0 unspecified atom stereocenters. The molecule has 0 aliphatic carbocycles. The highest BCUT2D eigenvalue weighted by molar-refractivity contribution is 5.03. The summed E-state index contributed by atoms with van der Waals surface area (Å²) in [6, 6.07) is 0.790. The molecule has 108 valence electrons. The normalized spacial score (nSPS) is 25.4. The van der Waals surface area contributed by atoms with Crippen molar-refractivity contribution in [3.63, 3.8) is 0 Å². The quantitative estimate of drug-likeness (QED) is 0.458. The summed E-state index contributed by atoms with van der Waals surface area (Å²) in [6.07, 6.45) is -0.565. The van der Waals surface area contributed by atoms with Crippen LogP contribution in [0.4, 0.5) is 0 Å². The Balaban J connectivity index is 2.41. The third kappa shape index (κ3) is 2.60. The first-order chi connectivity index (χ1) is 9.60. The van der Waals surface area contributed by atoms with Crippen LogP contribution in [0.1, 0.15) is 25.3 Å². The maximum Gasteiger partial charge on any atom is 0.330 e. The standard InChI is InChI=1S/C11H15N5O4/c1-2-6-3-9(18)13-11(19)16(6)10-4-7(14-15-12)8(5-17)20-10/h3,7-8,10,17H,2,4-5H2,1H3,(H,13,18,19)/t7-,8+,10-/m0/s1. The van der Waals surface area contributed by atoms with Gasteiger partial charge in [-0.05, 0) is 12.0 Å². The lowest BCUT2D eigenvalue weighted by molar-refractivity contribution is -0.0282. The van der Waals surface area contributed by atoms with Gasteiger partial charge < -0.3 is 9.84 Å². The summed E-state index contributed by atoms with van der Waals surface area (Å²) in [5.41, 5.74) is 7.99. The fourth-order valence-electron chi connectivity index (χ4n) is 2.37. The molecule has 9 heteroatoms. The summed E-state index contributed by atoms with van der Waals surface area (Å²) < 4.78 is 6.88.